The molecule has 0 bridgehead atoms. The number of benzene rings is 2. The van der Waals surface area contributed by atoms with Crippen molar-refractivity contribution >= 4 is 10.9 Å². The second-order valence-corrected chi connectivity index (χ2v) is 5.51. The van der Waals surface area contributed by atoms with Crippen LogP contribution in [0.15, 0.2) is 54.7 Å². The third kappa shape index (κ3) is 3.92. The number of rotatable bonds is 6. The summed E-state index contributed by atoms with van der Waals surface area (Å²) in [5.74, 6) is -0.268. The summed E-state index contributed by atoms with van der Waals surface area (Å²) in [6.07, 6.45) is 2.54. The predicted octanol–water partition coefficient (Wildman–Crippen LogP) is 3.51. The average molecular weight is 310 g/mol. The summed E-state index contributed by atoms with van der Waals surface area (Å²) in [6, 6.07) is 15.0. The molecule has 2 aromatic carbocycles. The van der Waals surface area contributed by atoms with Crippen LogP contribution in [0.2, 0.25) is 0 Å². The van der Waals surface area contributed by atoms with Crippen molar-refractivity contribution in [3.63, 3.8) is 0 Å². The summed E-state index contributed by atoms with van der Waals surface area (Å²) in [7, 11) is 0. The molecule has 0 aliphatic heterocycles. The summed E-state index contributed by atoms with van der Waals surface area (Å²) in [5.41, 5.74) is 3.97. The number of fused-ring (bicyclic) bond motifs is 1. The van der Waals surface area contributed by atoms with Gasteiger partial charge in [0.15, 0.2) is 0 Å². The quantitative estimate of drug-likeness (QED) is 0.685. The van der Waals surface area contributed by atoms with Crippen LogP contribution in [0.1, 0.15) is 12.0 Å². The van der Waals surface area contributed by atoms with Gasteiger partial charge in [0.05, 0.1) is 5.52 Å². The molecular formula is C19H19FN2O. The fourth-order valence-corrected chi connectivity index (χ4v) is 2.50. The van der Waals surface area contributed by atoms with E-state index in [1.807, 2.05) is 6.07 Å². The molecule has 3 aromatic rings. The van der Waals surface area contributed by atoms with Crippen LogP contribution in [0, 0.1) is 5.82 Å². The smallest absolute Gasteiger partial charge is 0.125 e. The van der Waals surface area contributed by atoms with Crippen molar-refractivity contribution in [1.29, 1.82) is 0 Å². The van der Waals surface area contributed by atoms with Gasteiger partial charge in [-0.15, -0.1) is 0 Å². The number of hydrogen-bond acceptors (Lipinski definition) is 3. The molecule has 23 heavy (non-hydrogen) atoms. The molecule has 0 unspecified atom stereocenters. The predicted molar refractivity (Wildman–Crippen MR) is 90.5 cm³/mol. The minimum atomic E-state index is -0.268. The third-order valence-corrected chi connectivity index (χ3v) is 3.77. The van der Waals surface area contributed by atoms with Gasteiger partial charge in [-0.1, -0.05) is 24.3 Å². The summed E-state index contributed by atoms with van der Waals surface area (Å²) in [4.78, 5) is 4.33. The minimum Gasteiger partial charge on any atom is -0.396 e. The number of nitrogens with zero attached hydrogens (tertiary/aromatic N) is 1. The van der Waals surface area contributed by atoms with Crippen LogP contribution in [-0.2, 0) is 6.54 Å². The molecule has 0 spiro atoms. The molecule has 0 aliphatic carbocycles. The highest BCUT2D eigenvalue weighted by molar-refractivity contribution is 5.83. The third-order valence-electron chi connectivity index (χ3n) is 3.77. The molecule has 0 atom stereocenters. The normalized spacial score (nSPS) is 11.0. The first-order valence-corrected chi connectivity index (χ1v) is 7.72. The van der Waals surface area contributed by atoms with Gasteiger partial charge >= 0.3 is 0 Å². The molecule has 0 radical (unpaired) electrons. The second kappa shape index (κ2) is 7.31. The van der Waals surface area contributed by atoms with Crippen molar-refractivity contribution in [2.45, 2.75) is 13.0 Å². The van der Waals surface area contributed by atoms with Gasteiger partial charge in [0.2, 0.25) is 0 Å². The monoisotopic (exact) mass is 310 g/mol. The van der Waals surface area contributed by atoms with Gasteiger partial charge in [-0.25, -0.2) is 4.39 Å². The molecule has 1 aromatic heterocycles. The maximum atomic E-state index is 13.2. The lowest BCUT2D eigenvalue weighted by Gasteiger charge is -2.07. The Hall–Kier alpha value is -2.30. The molecule has 118 valence electrons. The zero-order chi connectivity index (χ0) is 16.1. The molecular weight excluding hydrogens is 291 g/mol. The number of nitrogens with one attached hydrogen (secondary N) is 1. The Labute approximate surface area is 134 Å². The zero-order valence-electron chi connectivity index (χ0n) is 12.8. The average Bonchev–Trinajstić information content (AvgIpc) is 2.59. The maximum absolute atomic E-state index is 13.2. The minimum absolute atomic E-state index is 0.213. The first-order chi connectivity index (χ1) is 11.3. The van der Waals surface area contributed by atoms with Crippen molar-refractivity contribution in [3.05, 3.63) is 66.1 Å². The molecule has 0 aliphatic rings. The Morgan fingerprint density at radius 3 is 2.61 bits per heavy atom. The number of hydrogen-bond donors (Lipinski definition) is 2. The second-order valence-electron chi connectivity index (χ2n) is 5.51. The molecule has 3 rings (SSSR count). The number of pyridine rings is 1. The van der Waals surface area contributed by atoms with Crippen LogP contribution in [0.25, 0.3) is 22.0 Å². The first-order valence-electron chi connectivity index (χ1n) is 7.72. The fourth-order valence-electron chi connectivity index (χ4n) is 2.50. The van der Waals surface area contributed by atoms with E-state index in [-0.39, 0.29) is 12.4 Å². The van der Waals surface area contributed by atoms with Crippen molar-refractivity contribution in [2.75, 3.05) is 13.2 Å². The molecule has 3 nitrogen and oxygen atoms in total. The number of aromatic nitrogens is 1. The Bertz CT molecular complexity index is 787. The molecule has 1 heterocycles. The van der Waals surface area contributed by atoms with Gasteiger partial charge in [-0.2, -0.15) is 0 Å². The van der Waals surface area contributed by atoms with E-state index in [2.05, 4.69) is 34.6 Å². The molecule has 2 N–H and O–H groups in total. The summed E-state index contributed by atoms with van der Waals surface area (Å²) in [5, 5.41) is 13.0. The Kier molecular flexibility index (Phi) is 4.95. The van der Waals surface area contributed by atoms with Gasteiger partial charge in [-0.05, 0) is 42.3 Å². The van der Waals surface area contributed by atoms with Gasteiger partial charge in [-0.3, -0.25) is 4.98 Å². The van der Waals surface area contributed by atoms with Crippen molar-refractivity contribution in [1.82, 2.24) is 10.3 Å². The van der Waals surface area contributed by atoms with Gasteiger partial charge in [0, 0.05) is 36.4 Å². The van der Waals surface area contributed by atoms with Crippen LogP contribution in [0.4, 0.5) is 4.39 Å². The van der Waals surface area contributed by atoms with Gasteiger partial charge < -0.3 is 10.4 Å². The van der Waals surface area contributed by atoms with Crippen molar-refractivity contribution in [3.8, 4) is 11.1 Å². The van der Waals surface area contributed by atoms with Crippen molar-refractivity contribution < 1.29 is 9.50 Å². The van der Waals surface area contributed by atoms with Crippen LogP contribution in [-0.4, -0.2) is 23.2 Å². The van der Waals surface area contributed by atoms with E-state index in [1.165, 1.54) is 17.7 Å². The van der Waals surface area contributed by atoms with Gasteiger partial charge in [0.25, 0.3) is 0 Å². The van der Waals surface area contributed by atoms with Crippen LogP contribution < -0.4 is 5.32 Å². The molecule has 4 heteroatoms. The van der Waals surface area contributed by atoms with Crippen LogP contribution in [0.3, 0.4) is 0 Å². The van der Waals surface area contributed by atoms with Gasteiger partial charge in [0.1, 0.15) is 5.82 Å². The highest BCUT2D eigenvalue weighted by atomic mass is 19.1. The lowest BCUT2D eigenvalue weighted by molar-refractivity contribution is 0.286. The number of aliphatic hydroxyl groups is 1. The zero-order valence-corrected chi connectivity index (χ0v) is 12.8. The van der Waals surface area contributed by atoms with E-state index in [9.17, 15) is 4.39 Å². The highest BCUT2D eigenvalue weighted by Gasteiger charge is 2.02. The van der Waals surface area contributed by atoms with Crippen molar-refractivity contribution in [2.24, 2.45) is 0 Å². The molecule has 0 amide bonds. The van der Waals surface area contributed by atoms with E-state index >= 15 is 0 Å². The summed E-state index contributed by atoms with van der Waals surface area (Å²) in [6.45, 7) is 1.81. The Morgan fingerprint density at radius 1 is 1.00 bits per heavy atom. The van der Waals surface area contributed by atoms with E-state index < -0.39 is 0 Å². The summed E-state index contributed by atoms with van der Waals surface area (Å²) >= 11 is 0. The van der Waals surface area contributed by atoms with Crippen LogP contribution >= 0.6 is 0 Å². The lowest BCUT2D eigenvalue weighted by Crippen LogP contribution is -2.15. The fraction of sp³-hybridized carbons (Fsp3) is 0.211. The maximum Gasteiger partial charge on any atom is 0.125 e. The standard InChI is InChI=1S/C19H19FN2O/c20-18-7-6-16-10-17(13-22-19(16)11-18)15-4-2-14(3-5-15)12-21-8-1-9-23/h2-7,10-11,13,21,23H,1,8-9,12H2. The largest absolute Gasteiger partial charge is 0.396 e. The van der Waals surface area contributed by atoms with Crippen LogP contribution in [0.5, 0.6) is 0 Å². The number of halogens is 1. The SMILES string of the molecule is OCCCNCc1ccc(-c2cnc3cc(F)ccc3c2)cc1. The first kappa shape index (κ1) is 15.6. The van der Waals surface area contributed by atoms with E-state index in [0.29, 0.717) is 5.52 Å². The molecule has 0 saturated carbocycles. The molecule has 0 saturated heterocycles. The van der Waals surface area contributed by atoms with E-state index in [4.69, 9.17) is 5.11 Å². The summed E-state index contributed by atoms with van der Waals surface area (Å²) < 4.78 is 13.2. The highest BCUT2D eigenvalue weighted by Crippen LogP contribution is 2.23. The lowest BCUT2D eigenvalue weighted by atomic mass is 10.0. The topological polar surface area (TPSA) is 45.1 Å². The van der Waals surface area contributed by atoms with E-state index in [0.717, 1.165) is 36.0 Å². The Morgan fingerprint density at radius 2 is 1.83 bits per heavy atom. The number of aliphatic hydroxyl groups excluding tert-OH is 1. The van der Waals surface area contributed by atoms with E-state index in [1.54, 1.807) is 12.3 Å². The molecule has 0 fully saturated rings. The Balaban J connectivity index is 1.75.